The molecule has 0 aliphatic heterocycles. The molecular weight excluding hydrogens is 180 g/mol. The van der Waals surface area contributed by atoms with Crippen LogP contribution in [0.15, 0.2) is 29.4 Å². The first kappa shape index (κ1) is 10.4. The lowest BCUT2D eigenvalue weighted by atomic mass is 10.1. The van der Waals surface area contributed by atoms with E-state index in [2.05, 4.69) is 10.5 Å². The first-order chi connectivity index (χ1) is 6.75. The number of nitrogens with zero attached hydrogens (tertiary/aromatic N) is 1. The van der Waals surface area contributed by atoms with Gasteiger partial charge in [0.25, 0.3) is 5.91 Å². The van der Waals surface area contributed by atoms with Crippen LogP contribution in [0.5, 0.6) is 0 Å². The molecule has 0 spiro atoms. The van der Waals surface area contributed by atoms with Crippen molar-refractivity contribution in [3.63, 3.8) is 0 Å². The molecule has 1 amide bonds. The van der Waals surface area contributed by atoms with Crippen LogP contribution in [0.1, 0.15) is 15.9 Å². The molecule has 4 nitrogen and oxygen atoms in total. The van der Waals surface area contributed by atoms with E-state index >= 15 is 0 Å². The third kappa shape index (κ3) is 2.65. The summed E-state index contributed by atoms with van der Waals surface area (Å²) in [7, 11) is 0. The van der Waals surface area contributed by atoms with Gasteiger partial charge in [-0.2, -0.15) is 4.91 Å². The van der Waals surface area contributed by atoms with Crippen molar-refractivity contribution in [1.29, 1.82) is 0 Å². The monoisotopic (exact) mass is 192 g/mol. The van der Waals surface area contributed by atoms with Gasteiger partial charge in [0.15, 0.2) is 0 Å². The van der Waals surface area contributed by atoms with Gasteiger partial charge in [-0.15, -0.1) is 0 Å². The number of hydrogen-bond donors (Lipinski definition) is 1. The highest BCUT2D eigenvalue weighted by molar-refractivity contribution is 5.95. The van der Waals surface area contributed by atoms with Crippen molar-refractivity contribution in [3.05, 3.63) is 40.3 Å². The van der Waals surface area contributed by atoms with E-state index in [9.17, 15) is 9.70 Å². The van der Waals surface area contributed by atoms with Gasteiger partial charge in [-0.05, 0) is 18.6 Å². The highest BCUT2D eigenvalue weighted by atomic mass is 16.3. The fourth-order valence-corrected chi connectivity index (χ4v) is 1.14. The molecule has 0 aromatic heterocycles. The van der Waals surface area contributed by atoms with Crippen molar-refractivity contribution >= 4 is 5.91 Å². The van der Waals surface area contributed by atoms with Crippen LogP contribution < -0.4 is 5.32 Å². The van der Waals surface area contributed by atoms with Crippen LogP contribution in [0.3, 0.4) is 0 Å². The fourth-order valence-electron chi connectivity index (χ4n) is 1.14. The average Bonchev–Trinajstić information content (AvgIpc) is 2.18. The minimum absolute atomic E-state index is 0.109. The Morgan fingerprint density at radius 2 is 2.14 bits per heavy atom. The molecule has 4 heteroatoms. The van der Waals surface area contributed by atoms with Gasteiger partial charge >= 0.3 is 0 Å². The second-order valence-corrected chi connectivity index (χ2v) is 2.92. The Kier molecular flexibility index (Phi) is 3.79. The number of carbonyl (C=O) groups excluding carboxylic acids is 1. The summed E-state index contributed by atoms with van der Waals surface area (Å²) in [5.41, 5.74) is 1.56. The van der Waals surface area contributed by atoms with E-state index in [0.717, 1.165) is 5.56 Å². The molecule has 0 saturated carbocycles. The zero-order valence-electron chi connectivity index (χ0n) is 7.99. The first-order valence-electron chi connectivity index (χ1n) is 4.38. The maximum Gasteiger partial charge on any atom is 0.251 e. The van der Waals surface area contributed by atoms with E-state index < -0.39 is 0 Å². The summed E-state index contributed by atoms with van der Waals surface area (Å²) in [4.78, 5) is 21.3. The number of rotatable bonds is 4. The quantitative estimate of drug-likeness (QED) is 0.580. The largest absolute Gasteiger partial charge is 0.350 e. The van der Waals surface area contributed by atoms with Gasteiger partial charge in [0.1, 0.15) is 0 Å². The van der Waals surface area contributed by atoms with Crippen molar-refractivity contribution in [3.8, 4) is 0 Å². The highest BCUT2D eigenvalue weighted by Crippen LogP contribution is 2.05. The van der Waals surface area contributed by atoms with E-state index in [0.29, 0.717) is 5.56 Å². The second-order valence-electron chi connectivity index (χ2n) is 2.92. The van der Waals surface area contributed by atoms with E-state index in [-0.39, 0.29) is 19.0 Å². The van der Waals surface area contributed by atoms with Crippen molar-refractivity contribution < 1.29 is 4.79 Å². The molecule has 0 aliphatic rings. The molecule has 1 aromatic rings. The molecule has 14 heavy (non-hydrogen) atoms. The molecule has 0 saturated heterocycles. The van der Waals surface area contributed by atoms with Crippen LogP contribution in [-0.2, 0) is 0 Å². The Hall–Kier alpha value is -1.71. The SMILES string of the molecule is Cc1ccccc1C(=O)NCCN=O. The third-order valence-corrected chi connectivity index (χ3v) is 1.88. The molecule has 0 bridgehead atoms. The normalized spacial score (nSPS) is 9.50. The maximum atomic E-state index is 11.5. The number of nitrogens with one attached hydrogen (secondary N) is 1. The van der Waals surface area contributed by atoms with Gasteiger partial charge in [0, 0.05) is 12.1 Å². The lowest BCUT2D eigenvalue weighted by Crippen LogP contribution is -2.26. The van der Waals surface area contributed by atoms with Crippen molar-refractivity contribution in [2.75, 3.05) is 13.1 Å². The molecular formula is C10H12N2O2. The number of carbonyl (C=O) groups is 1. The number of aryl methyl sites for hydroxylation is 1. The number of nitroso groups, excluding NO2 is 1. The van der Waals surface area contributed by atoms with Crippen LogP contribution in [0.4, 0.5) is 0 Å². The van der Waals surface area contributed by atoms with E-state index in [4.69, 9.17) is 0 Å². The van der Waals surface area contributed by atoms with Gasteiger partial charge in [-0.25, -0.2) is 0 Å². The zero-order chi connectivity index (χ0) is 10.4. The van der Waals surface area contributed by atoms with Crippen LogP contribution in [0.25, 0.3) is 0 Å². The van der Waals surface area contributed by atoms with Gasteiger partial charge in [0.05, 0.1) is 6.54 Å². The lowest BCUT2D eigenvalue weighted by molar-refractivity contribution is 0.0954. The van der Waals surface area contributed by atoms with Crippen molar-refractivity contribution in [1.82, 2.24) is 5.32 Å². The summed E-state index contributed by atoms with van der Waals surface area (Å²) in [5.74, 6) is -0.160. The summed E-state index contributed by atoms with van der Waals surface area (Å²) in [6, 6.07) is 7.30. The zero-order valence-corrected chi connectivity index (χ0v) is 7.99. The molecule has 0 heterocycles. The molecule has 0 unspecified atom stereocenters. The van der Waals surface area contributed by atoms with Crippen LogP contribution in [0, 0.1) is 11.8 Å². The standard InChI is InChI=1S/C10H12N2O2/c1-8-4-2-3-5-9(8)10(13)11-6-7-12-14/h2-5H,6-7H2,1H3,(H,11,13). The van der Waals surface area contributed by atoms with E-state index in [1.54, 1.807) is 12.1 Å². The smallest absolute Gasteiger partial charge is 0.251 e. The minimum Gasteiger partial charge on any atom is -0.350 e. The highest BCUT2D eigenvalue weighted by Gasteiger charge is 2.06. The summed E-state index contributed by atoms with van der Waals surface area (Å²) in [6.07, 6.45) is 0. The maximum absolute atomic E-state index is 11.5. The Morgan fingerprint density at radius 3 is 2.79 bits per heavy atom. The topological polar surface area (TPSA) is 58.5 Å². The Bertz CT molecular complexity index is 337. The predicted molar refractivity (Wildman–Crippen MR) is 54.2 cm³/mol. The minimum atomic E-state index is -0.160. The summed E-state index contributed by atoms with van der Waals surface area (Å²) in [6.45, 7) is 2.27. The molecule has 0 aliphatic carbocycles. The third-order valence-electron chi connectivity index (χ3n) is 1.88. The van der Waals surface area contributed by atoms with Gasteiger partial charge in [0.2, 0.25) is 0 Å². The van der Waals surface area contributed by atoms with Crippen LogP contribution in [-0.4, -0.2) is 19.0 Å². The number of amides is 1. The molecule has 74 valence electrons. The van der Waals surface area contributed by atoms with E-state index in [1.165, 1.54) is 0 Å². The Morgan fingerprint density at radius 1 is 1.43 bits per heavy atom. The Balaban J connectivity index is 2.60. The molecule has 0 atom stereocenters. The lowest BCUT2D eigenvalue weighted by Gasteiger charge is -2.04. The van der Waals surface area contributed by atoms with Gasteiger partial charge < -0.3 is 5.32 Å². The average molecular weight is 192 g/mol. The van der Waals surface area contributed by atoms with Gasteiger partial charge in [-0.3, -0.25) is 4.79 Å². The summed E-state index contributed by atoms with van der Waals surface area (Å²) < 4.78 is 0. The number of hydrogen-bond acceptors (Lipinski definition) is 3. The summed E-state index contributed by atoms with van der Waals surface area (Å²) >= 11 is 0. The van der Waals surface area contributed by atoms with Crippen LogP contribution in [0.2, 0.25) is 0 Å². The van der Waals surface area contributed by atoms with Gasteiger partial charge in [-0.1, -0.05) is 23.4 Å². The first-order valence-corrected chi connectivity index (χ1v) is 4.38. The molecule has 1 N–H and O–H groups in total. The van der Waals surface area contributed by atoms with Crippen molar-refractivity contribution in [2.24, 2.45) is 5.18 Å². The van der Waals surface area contributed by atoms with E-state index in [1.807, 2.05) is 19.1 Å². The summed E-state index contributed by atoms with van der Waals surface area (Å²) in [5, 5.41) is 5.27. The predicted octanol–water partition coefficient (Wildman–Crippen LogP) is 1.49. The van der Waals surface area contributed by atoms with Crippen LogP contribution >= 0.6 is 0 Å². The molecule has 1 aromatic carbocycles. The van der Waals surface area contributed by atoms with Crippen molar-refractivity contribution in [2.45, 2.75) is 6.92 Å². The molecule has 0 radical (unpaired) electrons. The number of benzene rings is 1. The molecule has 0 fully saturated rings. The fraction of sp³-hybridized carbons (Fsp3) is 0.300. The molecule has 1 rings (SSSR count). The second kappa shape index (κ2) is 5.11. The Labute approximate surface area is 82.3 Å².